The molecule has 0 spiro atoms. The van der Waals surface area contributed by atoms with Crippen molar-refractivity contribution < 1.29 is 18.0 Å². The number of aromatic nitrogens is 5. The number of halogens is 4. The van der Waals surface area contributed by atoms with Crippen LogP contribution in [0.3, 0.4) is 0 Å². The Hall–Kier alpha value is -2.95. The van der Waals surface area contributed by atoms with Crippen LogP contribution in [0, 0.1) is 5.92 Å². The molecule has 3 N–H and O–H groups in total. The highest BCUT2D eigenvalue weighted by molar-refractivity contribution is 6.31. The highest BCUT2D eigenvalue weighted by Crippen LogP contribution is 2.27. The number of pyridine rings is 1. The average molecular weight is 428 g/mol. The van der Waals surface area contributed by atoms with Crippen LogP contribution in [-0.2, 0) is 4.79 Å². The van der Waals surface area contributed by atoms with Gasteiger partial charge in [0.25, 0.3) is 0 Å². The van der Waals surface area contributed by atoms with Gasteiger partial charge in [0.05, 0.1) is 5.02 Å². The first-order valence-corrected chi connectivity index (χ1v) is 8.95. The summed E-state index contributed by atoms with van der Waals surface area (Å²) in [6, 6.07) is 0.736. The van der Waals surface area contributed by atoms with Crippen LogP contribution in [0.25, 0.3) is 22.4 Å². The van der Waals surface area contributed by atoms with E-state index in [0.717, 1.165) is 0 Å². The zero-order valence-electron chi connectivity index (χ0n) is 15.4. The minimum atomic E-state index is -4.50. The van der Waals surface area contributed by atoms with E-state index in [2.05, 4.69) is 30.2 Å². The first kappa shape index (κ1) is 20.8. The van der Waals surface area contributed by atoms with Gasteiger partial charge in [-0.15, -0.1) is 0 Å². The fraction of sp³-hybridized carbons (Fsp3) is 0.353. The molecule has 0 fully saturated rings. The molecule has 0 saturated heterocycles. The van der Waals surface area contributed by atoms with Crippen molar-refractivity contribution in [3.05, 3.63) is 29.8 Å². The molecule has 3 rings (SSSR count). The fourth-order valence-corrected chi connectivity index (χ4v) is 2.79. The molecule has 0 radical (unpaired) electrons. The van der Waals surface area contributed by atoms with E-state index in [9.17, 15) is 18.0 Å². The summed E-state index contributed by atoms with van der Waals surface area (Å²) in [6.07, 6.45) is -0.102. The van der Waals surface area contributed by atoms with Crippen LogP contribution in [0.5, 0.6) is 0 Å². The topological polar surface area (TPSA) is 108 Å². The molecule has 1 atom stereocenters. The van der Waals surface area contributed by atoms with Crippen molar-refractivity contribution in [3.63, 3.8) is 0 Å². The lowest BCUT2D eigenvalue weighted by Gasteiger charge is -2.22. The molecule has 0 unspecified atom stereocenters. The third-order valence-corrected chi connectivity index (χ3v) is 4.21. The van der Waals surface area contributed by atoms with Crippen LogP contribution in [0.4, 0.5) is 19.1 Å². The monoisotopic (exact) mass is 427 g/mol. The maximum absolute atomic E-state index is 12.4. The SMILES string of the molecule is CC(C)[C@@H](Nc1ncnc(-c2c[nH]c3ncc(Cl)cc23)n1)C(=O)NCC(F)(F)F. The Balaban J connectivity index is 1.84. The van der Waals surface area contributed by atoms with Crippen LogP contribution in [0.15, 0.2) is 24.8 Å². The number of carbonyl (C=O) groups excluding carboxylic acids is 1. The summed E-state index contributed by atoms with van der Waals surface area (Å²) in [4.78, 5) is 31.7. The molecule has 29 heavy (non-hydrogen) atoms. The van der Waals surface area contributed by atoms with Crippen LogP contribution in [0.2, 0.25) is 5.02 Å². The molecule has 3 heterocycles. The van der Waals surface area contributed by atoms with Crippen molar-refractivity contribution in [2.45, 2.75) is 26.1 Å². The van der Waals surface area contributed by atoms with Gasteiger partial charge < -0.3 is 15.6 Å². The molecular weight excluding hydrogens is 411 g/mol. The Kier molecular flexibility index (Phi) is 5.87. The molecule has 3 aromatic heterocycles. The number of aromatic amines is 1. The van der Waals surface area contributed by atoms with Gasteiger partial charge in [-0.3, -0.25) is 4.79 Å². The second-order valence-electron chi connectivity index (χ2n) is 6.58. The maximum Gasteiger partial charge on any atom is 0.405 e. The van der Waals surface area contributed by atoms with E-state index in [0.29, 0.717) is 21.6 Å². The average Bonchev–Trinajstić information content (AvgIpc) is 3.06. The van der Waals surface area contributed by atoms with E-state index < -0.39 is 24.7 Å². The summed E-state index contributed by atoms with van der Waals surface area (Å²) >= 11 is 6.00. The number of alkyl halides is 3. The minimum absolute atomic E-state index is 0.0557. The lowest BCUT2D eigenvalue weighted by molar-refractivity contribution is -0.139. The fourth-order valence-electron chi connectivity index (χ4n) is 2.63. The van der Waals surface area contributed by atoms with Crippen molar-refractivity contribution in [2.75, 3.05) is 11.9 Å². The molecule has 0 saturated carbocycles. The second-order valence-corrected chi connectivity index (χ2v) is 7.02. The van der Waals surface area contributed by atoms with E-state index in [4.69, 9.17) is 11.6 Å². The van der Waals surface area contributed by atoms with Crippen molar-refractivity contribution >= 4 is 34.5 Å². The zero-order valence-corrected chi connectivity index (χ0v) is 16.1. The summed E-state index contributed by atoms with van der Waals surface area (Å²) in [7, 11) is 0. The highest BCUT2D eigenvalue weighted by atomic mass is 35.5. The minimum Gasteiger partial charge on any atom is -0.345 e. The molecular formula is C17H17ClF3N7O. The van der Waals surface area contributed by atoms with Gasteiger partial charge in [-0.1, -0.05) is 25.4 Å². The number of anilines is 1. The number of H-pyrrole nitrogens is 1. The predicted molar refractivity (Wildman–Crippen MR) is 101 cm³/mol. The summed E-state index contributed by atoms with van der Waals surface area (Å²) in [5.74, 6) is -0.780. The Morgan fingerprint density at radius 1 is 1.28 bits per heavy atom. The van der Waals surface area contributed by atoms with Crippen LogP contribution >= 0.6 is 11.6 Å². The first-order chi connectivity index (χ1) is 13.6. The normalized spacial score (nSPS) is 12.9. The number of nitrogens with one attached hydrogen (secondary N) is 3. The molecule has 3 aromatic rings. The summed E-state index contributed by atoms with van der Waals surface area (Å²) in [5.41, 5.74) is 1.20. The van der Waals surface area contributed by atoms with Gasteiger partial charge in [-0.05, 0) is 12.0 Å². The number of hydrogen-bond donors (Lipinski definition) is 3. The van der Waals surface area contributed by atoms with Gasteiger partial charge in [0, 0.05) is 23.3 Å². The number of fused-ring (bicyclic) bond motifs is 1. The third-order valence-electron chi connectivity index (χ3n) is 4.01. The van der Waals surface area contributed by atoms with Gasteiger partial charge >= 0.3 is 6.18 Å². The van der Waals surface area contributed by atoms with E-state index >= 15 is 0 Å². The quantitative estimate of drug-likeness (QED) is 0.557. The first-order valence-electron chi connectivity index (χ1n) is 8.57. The van der Waals surface area contributed by atoms with Gasteiger partial charge in [0.2, 0.25) is 11.9 Å². The van der Waals surface area contributed by atoms with E-state index in [1.54, 1.807) is 26.1 Å². The molecule has 0 aromatic carbocycles. The van der Waals surface area contributed by atoms with Crippen molar-refractivity contribution in [1.82, 2.24) is 30.2 Å². The molecule has 0 aliphatic rings. The highest BCUT2D eigenvalue weighted by Gasteiger charge is 2.31. The largest absolute Gasteiger partial charge is 0.405 e. The van der Waals surface area contributed by atoms with Crippen molar-refractivity contribution in [2.24, 2.45) is 5.92 Å². The van der Waals surface area contributed by atoms with Crippen LogP contribution in [-0.4, -0.2) is 49.6 Å². The van der Waals surface area contributed by atoms with Gasteiger partial charge in [0.1, 0.15) is 24.6 Å². The standard InChI is InChI=1S/C17H17ClF3N7O/c1-8(2)12(15(29)24-6-17(19,20)21)27-16-26-7-25-14(28-16)11-5-23-13-10(11)3-9(18)4-22-13/h3-5,7-8,12H,6H2,1-2H3,(H,22,23)(H,24,29)(H,25,26,27,28)/t12-/m1/s1. The zero-order chi connectivity index (χ0) is 21.2. The number of hydrogen-bond acceptors (Lipinski definition) is 6. The van der Waals surface area contributed by atoms with Gasteiger partial charge in [-0.25, -0.2) is 15.0 Å². The molecule has 8 nitrogen and oxygen atoms in total. The Bertz CT molecular complexity index is 1020. The molecule has 12 heteroatoms. The summed E-state index contributed by atoms with van der Waals surface area (Å²) < 4.78 is 37.2. The lowest BCUT2D eigenvalue weighted by atomic mass is 10.0. The molecule has 0 aliphatic heterocycles. The smallest absolute Gasteiger partial charge is 0.345 e. The Morgan fingerprint density at radius 3 is 2.72 bits per heavy atom. The van der Waals surface area contributed by atoms with E-state index in [1.165, 1.54) is 12.5 Å². The Labute approximate surface area is 168 Å². The number of amides is 1. The number of rotatable bonds is 6. The van der Waals surface area contributed by atoms with Crippen molar-refractivity contribution in [3.8, 4) is 11.4 Å². The summed E-state index contributed by atoms with van der Waals surface area (Å²) in [5, 5.41) is 5.78. The summed E-state index contributed by atoms with van der Waals surface area (Å²) in [6.45, 7) is 1.98. The lowest BCUT2D eigenvalue weighted by Crippen LogP contribution is -2.46. The maximum atomic E-state index is 12.4. The number of nitrogens with zero attached hydrogens (tertiary/aromatic N) is 4. The van der Waals surface area contributed by atoms with Gasteiger partial charge in [0.15, 0.2) is 5.82 Å². The van der Waals surface area contributed by atoms with Crippen LogP contribution < -0.4 is 10.6 Å². The number of carbonyl (C=O) groups is 1. The molecule has 0 bridgehead atoms. The third kappa shape index (κ3) is 5.11. The molecule has 154 valence electrons. The van der Waals surface area contributed by atoms with Gasteiger partial charge in [-0.2, -0.15) is 18.2 Å². The van der Waals surface area contributed by atoms with E-state index in [1.807, 2.05) is 5.32 Å². The Morgan fingerprint density at radius 2 is 2.03 bits per heavy atom. The van der Waals surface area contributed by atoms with Crippen LogP contribution in [0.1, 0.15) is 13.8 Å². The molecule has 1 amide bonds. The van der Waals surface area contributed by atoms with Crippen molar-refractivity contribution in [1.29, 1.82) is 0 Å². The molecule has 0 aliphatic carbocycles. The second kappa shape index (κ2) is 8.19. The predicted octanol–water partition coefficient (Wildman–Crippen LogP) is 3.18. The van der Waals surface area contributed by atoms with E-state index in [-0.39, 0.29) is 17.7 Å².